The Bertz CT molecular complexity index is 600. The van der Waals surface area contributed by atoms with Crippen LogP contribution >= 0.6 is 0 Å². The van der Waals surface area contributed by atoms with Crippen molar-refractivity contribution in [3.8, 4) is 0 Å². The molecule has 5 nitrogen and oxygen atoms in total. The summed E-state index contributed by atoms with van der Waals surface area (Å²) in [4.78, 5) is 11.3. The molecule has 6 heteroatoms. The van der Waals surface area contributed by atoms with E-state index in [-0.39, 0.29) is 23.5 Å². The van der Waals surface area contributed by atoms with Gasteiger partial charge in [0.05, 0.1) is 6.04 Å². The van der Waals surface area contributed by atoms with Gasteiger partial charge in [0.25, 0.3) is 5.91 Å². The first-order valence-electron chi connectivity index (χ1n) is 6.18. The predicted octanol–water partition coefficient (Wildman–Crippen LogP) is 2.15. The second-order valence-corrected chi connectivity index (χ2v) is 4.27. The van der Waals surface area contributed by atoms with Crippen molar-refractivity contribution >= 4 is 11.7 Å². The molecular weight excluding hydrogens is 259 g/mol. The second kappa shape index (κ2) is 6.10. The fraction of sp³-hybridized carbons (Fsp3) is 0.214. The van der Waals surface area contributed by atoms with Crippen LogP contribution in [0, 0.1) is 5.82 Å². The van der Waals surface area contributed by atoms with Crippen LogP contribution in [-0.4, -0.2) is 23.2 Å². The minimum absolute atomic E-state index is 0.233. The molecule has 20 heavy (non-hydrogen) atoms. The van der Waals surface area contributed by atoms with Gasteiger partial charge in [-0.3, -0.25) is 4.79 Å². The Morgan fingerprint density at radius 1 is 1.20 bits per heavy atom. The number of nitrogens with zero attached hydrogens (tertiary/aromatic N) is 2. The molecule has 2 N–H and O–H groups in total. The molecule has 1 aromatic carbocycles. The van der Waals surface area contributed by atoms with Crippen LogP contribution in [0.1, 0.15) is 29.0 Å². The van der Waals surface area contributed by atoms with Gasteiger partial charge in [-0.2, -0.15) is 0 Å². The van der Waals surface area contributed by atoms with Crippen LogP contribution in [0.5, 0.6) is 0 Å². The molecule has 0 fully saturated rings. The van der Waals surface area contributed by atoms with Crippen molar-refractivity contribution in [3.63, 3.8) is 0 Å². The second-order valence-electron chi connectivity index (χ2n) is 4.27. The van der Waals surface area contributed by atoms with Gasteiger partial charge in [0, 0.05) is 12.6 Å². The molecule has 1 atom stereocenters. The molecule has 1 unspecified atom stereocenters. The third-order valence-electron chi connectivity index (χ3n) is 2.86. The number of hydrogen-bond acceptors (Lipinski definition) is 4. The first-order chi connectivity index (χ1) is 9.61. The van der Waals surface area contributed by atoms with E-state index < -0.39 is 0 Å². The quantitative estimate of drug-likeness (QED) is 0.896. The smallest absolute Gasteiger partial charge is 0.271 e. The molecule has 104 valence electrons. The van der Waals surface area contributed by atoms with Gasteiger partial charge in [0.2, 0.25) is 0 Å². The fourth-order valence-corrected chi connectivity index (χ4v) is 1.78. The third-order valence-corrected chi connectivity index (χ3v) is 2.86. The van der Waals surface area contributed by atoms with E-state index >= 15 is 0 Å². The number of amides is 1. The molecule has 0 saturated carbocycles. The number of rotatable bonds is 4. The zero-order valence-corrected chi connectivity index (χ0v) is 11.2. The fourth-order valence-electron chi connectivity index (χ4n) is 1.78. The highest BCUT2D eigenvalue weighted by molar-refractivity contribution is 5.91. The van der Waals surface area contributed by atoms with E-state index in [0.717, 1.165) is 0 Å². The first kappa shape index (κ1) is 13.9. The van der Waals surface area contributed by atoms with E-state index in [1.165, 1.54) is 13.1 Å². The average molecular weight is 274 g/mol. The zero-order chi connectivity index (χ0) is 14.5. The highest BCUT2D eigenvalue weighted by atomic mass is 19.1. The van der Waals surface area contributed by atoms with Crippen molar-refractivity contribution < 1.29 is 9.18 Å². The molecule has 1 amide bonds. The van der Waals surface area contributed by atoms with Gasteiger partial charge < -0.3 is 10.6 Å². The summed E-state index contributed by atoms with van der Waals surface area (Å²) in [5.74, 6) is -0.0953. The van der Waals surface area contributed by atoms with Crippen molar-refractivity contribution in [2.75, 3.05) is 12.4 Å². The number of benzene rings is 1. The number of nitrogens with one attached hydrogen (secondary N) is 2. The summed E-state index contributed by atoms with van der Waals surface area (Å²) in [7, 11) is 1.52. The molecule has 0 spiro atoms. The van der Waals surface area contributed by atoms with E-state index in [9.17, 15) is 9.18 Å². The Balaban J connectivity index is 2.10. The molecule has 0 aliphatic heterocycles. The van der Waals surface area contributed by atoms with Crippen molar-refractivity contribution in [2.45, 2.75) is 13.0 Å². The van der Waals surface area contributed by atoms with Gasteiger partial charge in [-0.05, 0) is 25.1 Å². The SMILES string of the molecule is CNC(=O)c1ccc(NC(C)c2ccccc2F)nn1. The molecular formula is C14H15FN4O. The monoisotopic (exact) mass is 274 g/mol. The topological polar surface area (TPSA) is 66.9 Å². The standard InChI is InChI=1S/C14H15FN4O/c1-9(10-5-3-4-6-11(10)15)17-13-8-7-12(18-19-13)14(20)16-2/h3-9H,1-2H3,(H,16,20)(H,17,19). The summed E-state index contributed by atoms with van der Waals surface area (Å²) in [6.45, 7) is 1.83. The molecule has 2 aromatic rings. The molecule has 0 aliphatic carbocycles. The van der Waals surface area contributed by atoms with E-state index in [1.54, 1.807) is 30.3 Å². The van der Waals surface area contributed by atoms with Crippen LogP contribution < -0.4 is 10.6 Å². The lowest BCUT2D eigenvalue weighted by Gasteiger charge is -2.15. The lowest BCUT2D eigenvalue weighted by molar-refractivity contribution is 0.0957. The van der Waals surface area contributed by atoms with Gasteiger partial charge in [-0.1, -0.05) is 18.2 Å². The van der Waals surface area contributed by atoms with E-state index in [1.807, 2.05) is 6.92 Å². The molecule has 0 saturated heterocycles. The van der Waals surface area contributed by atoms with Crippen molar-refractivity contribution in [1.82, 2.24) is 15.5 Å². The Morgan fingerprint density at radius 2 is 1.95 bits per heavy atom. The maximum atomic E-state index is 13.6. The maximum absolute atomic E-state index is 13.6. The Labute approximate surface area is 116 Å². The highest BCUT2D eigenvalue weighted by Gasteiger charge is 2.11. The Hall–Kier alpha value is -2.50. The van der Waals surface area contributed by atoms with Gasteiger partial charge >= 0.3 is 0 Å². The lowest BCUT2D eigenvalue weighted by Crippen LogP contribution is -2.20. The number of carbonyl (C=O) groups excluding carboxylic acids is 1. The van der Waals surface area contributed by atoms with Crippen molar-refractivity contribution in [3.05, 3.63) is 53.5 Å². The molecule has 0 bridgehead atoms. The minimum atomic E-state index is -0.300. The van der Waals surface area contributed by atoms with Gasteiger partial charge in [0.15, 0.2) is 5.69 Å². The highest BCUT2D eigenvalue weighted by Crippen LogP contribution is 2.20. The largest absolute Gasteiger partial charge is 0.362 e. The molecule has 0 aliphatic rings. The van der Waals surface area contributed by atoms with Crippen LogP contribution in [0.2, 0.25) is 0 Å². The van der Waals surface area contributed by atoms with Crippen molar-refractivity contribution in [2.24, 2.45) is 0 Å². The van der Waals surface area contributed by atoms with E-state index in [4.69, 9.17) is 0 Å². The van der Waals surface area contributed by atoms with Crippen LogP contribution in [0.4, 0.5) is 10.2 Å². The third kappa shape index (κ3) is 3.09. The molecule has 1 heterocycles. The van der Waals surface area contributed by atoms with Crippen molar-refractivity contribution in [1.29, 1.82) is 0 Å². The van der Waals surface area contributed by atoms with Gasteiger partial charge in [0.1, 0.15) is 11.6 Å². The summed E-state index contributed by atoms with van der Waals surface area (Å²) in [6, 6.07) is 9.47. The molecule has 0 radical (unpaired) electrons. The number of anilines is 1. The van der Waals surface area contributed by atoms with E-state index in [2.05, 4.69) is 20.8 Å². The molecule has 1 aromatic heterocycles. The summed E-state index contributed by atoms with van der Waals surface area (Å²) in [5.41, 5.74) is 0.779. The summed E-state index contributed by atoms with van der Waals surface area (Å²) in [6.07, 6.45) is 0. The zero-order valence-electron chi connectivity index (χ0n) is 11.2. The van der Waals surface area contributed by atoms with Crippen LogP contribution in [-0.2, 0) is 0 Å². The summed E-state index contributed by atoms with van der Waals surface area (Å²) >= 11 is 0. The minimum Gasteiger partial charge on any atom is -0.362 e. The number of hydrogen-bond donors (Lipinski definition) is 2. The Kier molecular flexibility index (Phi) is 4.24. The lowest BCUT2D eigenvalue weighted by atomic mass is 10.1. The van der Waals surface area contributed by atoms with Crippen LogP contribution in [0.25, 0.3) is 0 Å². The van der Waals surface area contributed by atoms with E-state index in [0.29, 0.717) is 11.4 Å². The summed E-state index contributed by atoms with van der Waals surface area (Å²) < 4.78 is 13.6. The van der Waals surface area contributed by atoms with Gasteiger partial charge in [-0.15, -0.1) is 10.2 Å². The maximum Gasteiger partial charge on any atom is 0.271 e. The normalized spacial score (nSPS) is 11.8. The summed E-state index contributed by atoms with van der Waals surface area (Å²) in [5, 5.41) is 13.2. The first-order valence-corrected chi connectivity index (χ1v) is 6.18. The predicted molar refractivity (Wildman–Crippen MR) is 73.9 cm³/mol. The number of halogens is 1. The number of carbonyl (C=O) groups is 1. The Morgan fingerprint density at radius 3 is 2.55 bits per heavy atom. The van der Waals surface area contributed by atoms with Crippen LogP contribution in [0.15, 0.2) is 36.4 Å². The average Bonchev–Trinajstić information content (AvgIpc) is 2.47. The number of aromatic nitrogens is 2. The van der Waals surface area contributed by atoms with Gasteiger partial charge in [-0.25, -0.2) is 4.39 Å². The van der Waals surface area contributed by atoms with Crippen LogP contribution in [0.3, 0.4) is 0 Å². The molecule has 2 rings (SSSR count).